The number of anilines is 1. The van der Waals surface area contributed by atoms with Crippen LogP contribution in [-0.2, 0) is 11.2 Å². The van der Waals surface area contributed by atoms with Crippen LogP contribution in [0.5, 0.6) is 0 Å². The van der Waals surface area contributed by atoms with E-state index in [4.69, 9.17) is 0 Å². The van der Waals surface area contributed by atoms with Crippen molar-refractivity contribution in [1.29, 1.82) is 0 Å². The van der Waals surface area contributed by atoms with Crippen LogP contribution < -0.4 is 5.32 Å². The van der Waals surface area contributed by atoms with Crippen molar-refractivity contribution in [1.82, 2.24) is 14.9 Å². The van der Waals surface area contributed by atoms with E-state index in [-0.39, 0.29) is 12.4 Å². The molecule has 8 heteroatoms. The van der Waals surface area contributed by atoms with E-state index in [1.54, 1.807) is 11.8 Å². The van der Waals surface area contributed by atoms with Crippen LogP contribution in [0.1, 0.15) is 12.2 Å². The average molecular weight is 385 g/mol. The lowest BCUT2D eigenvalue weighted by Crippen LogP contribution is -2.30. The molecule has 2 rings (SSSR count). The van der Waals surface area contributed by atoms with Gasteiger partial charge in [-0.2, -0.15) is 11.8 Å². The van der Waals surface area contributed by atoms with E-state index in [1.165, 1.54) is 0 Å². The van der Waals surface area contributed by atoms with Gasteiger partial charge in [0.1, 0.15) is 17.7 Å². The summed E-state index contributed by atoms with van der Waals surface area (Å²) in [5.41, 5.74) is 0.831. The minimum Gasteiger partial charge on any atom is -0.480 e. The standard InChI is InChI=1S/C17H24N4O2S.ClH/c1-21(2)10-8-15-18-13-7-5-4-6-12(13)16(20-15)19-14(17(22)23)9-11-24-3;/h4-7,14H,8-11H2,1-3H3,(H,22,23)(H,18,19,20);1H. The Hall–Kier alpha value is -1.57. The summed E-state index contributed by atoms with van der Waals surface area (Å²) in [6.07, 6.45) is 3.23. The second-order valence-electron chi connectivity index (χ2n) is 5.88. The summed E-state index contributed by atoms with van der Waals surface area (Å²) >= 11 is 1.63. The lowest BCUT2D eigenvalue weighted by Gasteiger charge is -2.17. The van der Waals surface area contributed by atoms with Gasteiger partial charge in [-0.3, -0.25) is 0 Å². The molecule has 0 amide bonds. The average Bonchev–Trinajstić information content (AvgIpc) is 2.56. The van der Waals surface area contributed by atoms with E-state index in [9.17, 15) is 9.90 Å². The maximum absolute atomic E-state index is 11.5. The summed E-state index contributed by atoms with van der Waals surface area (Å²) < 4.78 is 0. The highest BCUT2D eigenvalue weighted by molar-refractivity contribution is 7.98. The Labute approximate surface area is 158 Å². The number of hydrogen-bond acceptors (Lipinski definition) is 6. The van der Waals surface area contributed by atoms with E-state index in [0.717, 1.165) is 35.4 Å². The Balaban J connectivity index is 0.00000312. The van der Waals surface area contributed by atoms with Gasteiger partial charge in [0, 0.05) is 18.4 Å². The molecule has 25 heavy (non-hydrogen) atoms. The monoisotopic (exact) mass is 384 g/mol. The van der Waals surface area contributed by atoms with Crippen molar-refractivity contribution in [3.05, 3.63) is 30.1 Å². The quantitative estimate of drug-likeness (QED) is 0.688. The number of rotatable bonds is 9. The van der Waals surface area contributed by atoms with Crippen molar-refractivity contribution in [2.75, 3.05) is 38.0 Å². The van der Waals surface area contributed by atoms with Gasteiger partial charge in [-0.25, -0.2) is 14.8 Å². The summed E-state index contributed by atoms with van der Waals surface area (Å²) in [4.78, 5) is 22.8. The number of carboxylic acids is 1. The highest BCUT2D eigenvalue weighted by atomic mass is 35.5. The van der Waals surface area contributed by atoms with Crippen molar-refractivity contribution in [3.8, 4) is 0 Å². The molecular weight excluding hydrogens is 360 g/mol. The number of fused-ring (bicyclic) bond motifs is 1. The number of aliphatic carboxylic acids is 1. The van der Waals surface area contributed by atoms with Gasteiger partial charge in [-0.15, -0.1) is 12.4 Å². The highest BCUT2D eigenvalue weighted by Crippen LogP contribution is 2.22. The zero-order chi connectivity index (χ0) is 17.5. The van der Waals surface area contributed by atoms with E-state index in [1.807, 2.05) is 44.6 Å². The molecule has 0 radical (unpaired) electrons. The molecule has 1 atom stereocenters. The predicted octanol–water partition coefficient (Wildman–Crippen LogP) is 2.77. The first-order valence-electron chi connectivity index (χ1n) is 7.90. The van der Waals surface area contributed by atoms with Gasteiger partial charge in [-0.05, 0) is 44.7 Å². The van der Waals surface area contributed by atoms with Gasteiger partial charge in [0.05, 0.1) is 5.52 Å². The highest BCUT2D eigenvalue weighted by Gasteiger charge is 2.19. The topological polar surface area (TPSA) is 78.4 Å². The zero-order valence-corrected chi connectivity index (χ0v) is 16.4. The van der Waals surface area contributed by atoms with Gasteiger partial charge in [0.15, 0.2) is 0 Å². The molecule has 0 aliphatic rings. The predicted molar refractivity (Wildman–Crippen MR) is 107 cm³/mol. The first-order chi connectivity index (χ1) is 11.5. The Bertz CT molecular complexity index is 699. The number of benzene rings is 1. The molecule has 0 aliphatic carbocycles. The van der Waals surface area contributed by atoms with Crippen molar-refractivity contribution < 1.29 is 9.90 Å². The summed E-state index contributed by atoms with van der Waals surface area (Å²) in [5.74, 6) is 1.24. The zero-order valence-electron chi connectivity index (χ0n) is 14.7. The maximum atomic E-state index is 11.5. The fourth-order valence-corrected chi connectivity index (χ4v) is 2.80. The minimum atomic E-state index is -0.860. The molecule has 0 saturated carbocycles. The smallest absolute Gasteiger partial charge is 0.326 e. The normalized spacial score (nSPS) is 12.0. The number of para-hydroxylation sites is 1. The molecule has 0 bridgehead atoms. The van der Waals surface area contributed by atoms with Crippen LogP contribution in [0.25, 0.3) is 10.9 Å². The van der Waals surface area contributed by atoms with Gasteiger partial charge in [0.25, 0.3) is 0 Å². The molecule has 1 aromatic heterocycles. The molecule has 1 heterocycles. The summed E-state index contributed by atoms with van der Waals surface area (Å²) in [7, 11) is 4.01. The minimum absolute atomic E-state index is 0. The molecule has 0 saturated heterocycles. The molecule has 0 spiro atoms. The van der Waals surface area contributed by atoms with E-state index in [0.29, 0.717) is 12.2 Å². The Kier molecular flexibility index (Phi) is 8.96. The van der Waals surface area contributed by atoms with E-state index >= 15 is 0 Å². The summed E-state index contributed by atoms with van der Waals surface area (Å²) in [6, 6.07) is 7.03. The molecule has 1 unspecified atom stereocenters. The Morgan fingerprint density at radius 2 is 2.04 bits per heavy atom. The molecule has 2 aromatic rings. The van der Waals surface area contributed by atoms with Crippen molar-refractivity contribution in [2.45, 2.75) is 18.9 Å². The fourth-order valence-electron chi connectivity index (χ4n) is 2.33. The largest absolute Gasteiger partial charge is 0.480 e. The third-order valence-corrected chi connectivity index (χ3v) is 4.30. The number of nitrogens with zero attached hydrogens (tertiary/aromatic N) is 3. The number of carboxylic acid groups (broad SMARTS) is 1. The molecule has 0 fully saturated rings. The van der Waals surface area contributed by atoms with Crippen LogP contribution in [0.4, 0.5) is 5.82 Å². The van der Waals surface area contributed by atoms with Crippen molar-refractivity contribution >= 4 is 46.9 Å². The number of thioether (sulfide) groups is 1. The third-order valence-electron chi connectivity index (χ3n) is 3.65. The van der Waals surface area contributed by atoms with Crippen LogP contribution in [-0.4, -0.2) is 64.6 Å². The third kappa shape index (κ3) is 6.34. The lowest BCUT2D eigenvalue weighted by molar-refractivity contribution is -0.137. The van der Waals surface area contributed by atoms with Crippen LogP contribution >= 0.6 is 24.2 Å². The SMILES string of the molecule is CSCCC(Nc1nc(CCN(C)C)nc2ccccc12)C(=O)O.Cl. The van der Waals surface area contributed by atoms with Crippen molar-refractivity contribution in [3.63, 3.8) is 0 Å². The fraction of sp³-hybridized carbons (Fsp3) is 0.471. The molecular formula is C17H25ClN4O2S. The number of aromatic nitrogens is 2. The van der Waals surface area contributed by atoms with Crippen LogP contribution in [0.15, 0.2) is 24.3 Å². The summed E-state index contributed by atoms with van der Waals surface area (Å²) in [5, 5.41) is 13.4. The molecule has 138 valence electrons. The van der Waals surface area contributed by atoms with Gasteiger partial charge in [-0.1, -0.05) is 12.1 Å². The van der Waals surface area contributed by atoms with Gasteiger partial charge >= 0.3 is 5.97 Å². The first-order valence-corrected chi connectivity index (χ1v) is 9.29. The Morgan fingerprint density at radius 3 is 2.68 bits per heavy atom. The number of likely N-dealkylation sites (N-methyl/N-ethyl adjacent to an activating group) is 1. The first kappa shape index (κ1) is 21.5. The molecule has 6 nitrogen and oxygen atoms in total. The van der Waals surface area contributed by atoms with Gasteiger partial charge < -0.3 is 15.3 Å². The number of nitrogens with one attached hydrogen (secondary N) is 1. The van der Waals surface area contributed by atoms with Crippen LogP contribution in [0.3, 0.4) is 0 Å². The lowest BCUT2D eigenvalue weighted by atomic mass is 10.2. The van der Waals surface area contributed by atoms with Crippen LogP contribution in [0.2, 0.25) is 0 Å². The van der Waals surface area contributed by atoms with E-state index < -0.39 is 12.0 Å². The number of halogens is 1. The number of carbonyl (C=O) groups is 1. The van der Waals surface area contributed by atoms with Crippen LogP contribution in [0, 0.1) is 0 Å². The summed E-state index contributed by atoms with van der Waals surface area (Å²) in [6.45, 7) is 0.840. The molecule has 1 aromatic carbocycles. The molecule has 0 aliphatic heterocycles. The second kappa shape index (κ2) is 10.4. The number of hydrogen-bond donors (Lipinski definition) is 2. The van der Waals surface area contributed by atoms with Gasteiger partial charge in [0.2, 0.25) is 0 Å². The molecule has 2 N–H and O–H groups in total. The Morgan fingerprint density at radius 1 is 1.32 bits per heavy atom. The maximum Gasteiger partial charge on any atom is 0.326 e. The van der Waals surface area contributed by atoms with E-state index in [2.05, 4.69) is 20.2 Å². The second-order valence-corrected chi connectivity index (χ2v) is 6.86. The van der Waals surface area contributed by atoms with Crippen molar-refractivity contribution in [2.24, 2.45) is 0 Å².